The molecular weight excluding hydrogens is 353 g/mol. The van der Waals surface area contributed by atoms with Crippen LogP contribution in [0.25, 0.3) is 0 Å². The van der Waals surface area contributed by atoms with E-state index in [4.69, 9.17) is 33.0 Å². The minimum atomic E-state index is -0.502. The summed E-state index contributed by atoms with van der Waals surface area (Å²) in [7, 11) is 0. The van der Waals surface area contributed by atoms with Crippen molar-refractivity contribution in [3.63, 3.8) is 0 Å². The third kappa shape index (κ3) is 3.56. The number of halogens is 2. The van der Waals surface area contributed by atoms with E-state index in [9.17, 15) is 4.79 Å². The molecule has 1 aromatic heterocycles. The summed E-state index contributed by atoms with van der Waals surface area (Å²) in [6.07, 6.45) is 0.578. The maximum atomic E-state index is 11.7. The molecule has 0 bridgehead atoms. The molecule has 0 radical (unpaired) electrons. The van der Waals surface area contributed by atoms with Crippen LogP contribution in [0.4, 0.5) is 16.3 Å². The molecule has 126 valence electrons. The first kappa shape index (κ1) is 16.8. The van der Waals surface area contributed by atoms with Crippen molar-refractivity contribution in [2.75, 3.05) is 23.4 Å². The van der Waals surface area contributed by atoms with Crippen molar-refractivity contribution < 1.29 is 14.6 Å². The molecule has 2 aromatic rings. The quantitative estimate of drug-likeness (QED) is 0.847. The Morgan fingerprint density at radius 2 is 2.04 bits per heavy atom. The lowest BCUT2D eigenvalue weighted by atomic mass is 10.2. The number of pyridine rings is 1. The minimum absolute atomic E-state index is 0.200. The first-order chi connectivity index (χ1) is 11.6. The molecule has 1 saturated heterocycles. The van der Waals surface area contributed by atoms with Gasteiger partial charge < -0.3 is 15.2 Å². The number of benzene rings is 1. The fourth-order valence-electron chi connectivity index (χ4n) is 2.36. The summed E-state index contributed by atoms with van der Waals surface area (Å²) in [4.78, 5) is 17.4. The summed E-state index contributed by atoms with van der Waals surface area (Å²) in [5.41, 5.74) is 1.40. The van der Waals surface area contributed by atoms with Crippen LogP contribution in [0.3, 0.4) is 0 Å². The standard InChI is InChI=1S/C16H15Cl2N3O3/c17-13-2-1-3-14(18)12(13)7-20-15-5-4-10(6-19-15)21-8-11(9-22)24-16(21)23/h1-6,11,22H,7-9H2,(H,19,20). The highest BCUT2D eigenvalue weighted by Crippen LogP contribution is 2.26. The number of nitrogens with one attached hydrogen (secondary N) is 1. The topological polar surface area (TPSA) is 74.7 Å². The molecular formula is C16H15Cl2N3O3. The zero-order chi connectivity index (χ0) is 17.1. The lowest BCUT2D eigenvalue weighted by Gasteiger charge is -2.13. The SMILES string of the molecule is O=C1OC(CO)CN1c1ccc(NCc2c(Cl)cccc2Cl)nc1. The summed E-state index contributed by atoms with van der Waals surface area (Å²) >= 11 is 12.3. The van der Waals surface area contributed by atoms with E-state index < -0.39 is 12.2 Å². The van der Waals surface area contributed by atoms with Crippen molar-refractivity contribution >= 4 is 40.8 Å². The molecule has 6 nitrogen and oxygen atoms in total. The van der Waals surface area contributed by atoms with E-state index in [1.54, 1.807) is 36.5 Å². The zero-order valence-electron chi connectivity index (χ0n) is 12.6. The number of amides is 1. The van der Waals surface area contributed by atoms with Crippen molar-refractivity contribution in [2.24, 2.45) is 0 Å². The Labute approximate surface area is 149 Å². The molecule has 0 spiro atoms. The molecule has 1 amide bonds. The molecule has 2 heterocycles. The lowest BCUT2D eigenvalue weighted by molar-refractivity contribution is 0.0963. The van der Waals surface area contributed by atoms with E-state index in [2.05, 4.69) is 10.3 Å². The monoisotopic (exact) mass is 367 g/mol. The summed E-state index contributed by atoms with van der Waals surface area (Å²) in [6.45, 7) is 0.538. The number of hydrogen-bond acceptors (Lipinski definition) is 5. The summed E-state index contributed by atoms with van der Waals surface area (Å²) in [5, 5.41) is 13.4. The number of cyclic esters (lactones) is 1. The Kier molecular flexibility index (Phi) is 5.08. The Hall–Kier alpha value is -2.02. The van der Waals surface area contributed by atoms with Gasteiger partial charge in [0.05, 0.1) is 25.0 Å². The first-order valence-electron chi connectivity index (χ1n) is 7.30. The van der Waals surface area contributed by atoms with Crippen LogP contribution in [-0.4, -0.2) is 35.4 Å². The van der Waals surface area contributed by atoms with Gasteiger partial charge in [0, 0.05) is 22.2 Å². The second-order valence-corrected chi connectivity index (χ2v) is 6.07. The molecule has 1 fully saturated rings. The molecule has 0 saturated carbocycles. The van der Waals surface area contributed by atoms with Crippen LogP contribution in [0.2, 0.25) is 10.0 Å². The molecule has 0 aliphatic carbocycles. The van der Waals surface area contributed by atoms with E-state index >= 15 is 0 Å². The zero-order valence-corrected chi connectivity index (χ0v) is 14.1. The Morgan fingerprint density at radius 1 is 1.29 bits per heavy atom. The molecule has 1 atom stereocenters. The average Bonchev–Trinajstić information content (AvgIpc) is 2.96. The van der Waals surface area contributed by atoms with Gasteiger partial charge in [-0.15, -0.1) is 0 Å². The third-order valence-electron chi connectivity index (χ3n) is 3.65. The van der Waals surface area contributed by atoms with E-state index in [0.29, 0.717) is 34.6 Å². The maximum absolute atomic E-state index is 11.7. The number of nitrogens with zero attached hydrogens (tertiary/aromatic N) is 2. The van der Waals surface area contributed by atoms with Crippen molar-refractivity contribution in [1.82, 2.24) is 4.98 Å². The van der Waals surface area contributed by atoms with E-state index in [0.717, 1.165) is 5.56 Å². The van der Waals surface area contributed by atoms with Gasteiger partial charge in [0.25, 0.3) is 0 Å². The number of rotatable bonds is 5. The fourth-order valence-corrected chi connectivity index (χ4v) is 2.89. The molecule has 3 rings (SSSR count). The first-order valence-corrected chi connectivity index (χ1v) is 8.06. The van der Waals surface area contributed by atoms with E-state index in [1.165, 1.54) is 4.90 Å². The van der Waals surface area contributed by atoms with Crippen LogP contribution in [0.1, 0.15) is 5.56 Å². The predicted octanol–water partition coefficient (Wildman–Crippen LogP) is 3.32. The molecule has 1 aliphatic heterocycles. The Bertz CT molecular complexity index is 720. The van der Waals surface area contributed by atoms with Crippen LogP contribution in [0, 0.1) is 0 Å². The molecule has 2 N–H and O–H groups in total. The summed E-state index contributed by atoms with van der Waals surface area (Å²) in [6, 6.07) is 8.84. The van der Waals surface area contributed by atoms with Gasteiger partial charge in [0.15, 0.2) is 0 Å². The number of aliphatic hydroxyl groups excluding tert-OH is 1. The van der Waals surface area contributed by atoms with E-state index in [-0.39, 0.29) is 6.61 Å². The molecule has 1 unspecified atom stereocenters. The number of hydrogen-bond donors (Lipinski definition) is 2. The Morgan fingerprint density at radius 3 is 2.62 bits per heavy atom. The highest BCUT2D eigenvalue weighted by Gasteiger charge is 2.31. The molecule has 8 heteroatoms. The molecule has 24 heavy (non-hydrogen) atoms. The van der Waals surface area contributed by atoms with Crippen LogP contribution >= 0.6 is 23.2 Å². The van der Waals surface area contributed by atoms with Gasteiger partial charge in [-0.1, -0.05) is 29.3 Å². The number of carbonyl (C=O) groups is 1. The van der Waals surface area contributed by atoms with Crippen LogP contribution in [-0.2, 0) is 11.3 Å². The van der Waals surface area contributed by atoms with Crippen LogP contribution in [0.15, 0.2) is 36.5 Å². The highest BCUT2D eigenvalue weighted by molar-refractivity contribution is 6.36. The van der Waals surface area contributed by atoms with Crippen molar-refractivity contribution in [2.45, 2.75) is 12.6 Å². The van der Waals surface area contributed by atoms with Crippen LogP contribution in [0.5, 0.6) is 0 Å². The van der Waals surface area contributed by atoms with Gasteiger partial charge in [0.1, 0.15) is 11.9 Å². The largest absolute Gasteiger partial charge is 0.441 e. The predicted molar refractivity (Wildman–Crippen MR) is 92.7 cm³/mol. The highest BCUT2D eigenvalue weighted by atomic mass is 35.5. The Balaban J connectivity index is 1.66. The fraction of sp³-hybridized carbons (Fsp3) is 0.250. The number of ether oxygens (including phenoxy) is 1. The van der Waals surface area contributed by atoms with Crippen molar-refractivity contribution in [1.29, 1.82) is 0 Å². The van der Waals surface area contributed by atoms with E-state index in [1.807, 2.05) is 0 Å². The van der Waals surface area contributed by atoms with Crippen molar-refractivity contribution in [3.8, 4) is 0 Å². The van der Waals surface area contributed by atoms with Gasteiger partial charge >= 0.3 is 6.09 Å². The number of aliphatic hydroxyl groups is 1. The second kappa shape index (κ2) is 7.25. The van der Waals surface area contributed by atoms with Gasteiger partial charge in [-0.05, 0) is 24.3 Å². The number of aromatic nitrogens is 1. The normalized spacial score (nSPS) is 17.0. The van der Waals surface area contributed by atoms with Crippen molar-refractivity contribution in [3.05, 3.63) is 52.1 Å². The van der Waals surface area contributed by atoms with Gasteiger partial charge in [-0.3, -0.25) is 4.90 Å². The van der Waals surface area contributed by atoms with Gasteiger partial charge in [-0.25, -0.2) is 9.78 Å². The third-order valence-corrected chi connectivity index (χ3v) is 4.35. The average molecular weight is 368 g/mol. The number of carbonyl (C=O) groups excluding carboxylic acids is 1. The molecule has 1 aliphatic rings. The summed E-state index contributed by atoms with van der Waals surface area (Å²) in [5.74, 6) is 0.626. The van der Waals surface area contributed by atoms with Gasteiger partial charge in [0.2, 0.25) is 0 Å². The maximum Gasteiger partial charge on any atom is 0.414 e. The smallest absolute Gasteiger partial charge is 0.414 e. The second-order valence-electron chi connectivity index (χ2n) is 5.25. The lowest BCUT2D eigenvalue weighted by Crippen LogP contribution is -2.25. The minimum Gasteiger partial charge on any atom is -0.441 e. The van der Waals surface area contributed by atoms with Gasteiger partial charge in [-0.2, -0.15) is 0 Å². The molecule has 1 aromatic carbocycles. The number of anilines is 2. The summed E-state index contributed by atoms with van der Waals surface area (Å²) < 4.78 is 5.00. The van der Waals surface area contributed by atoms with Crippen LogP contribution < -0.4 is 10.2 Å².